The Labute approximate surface area is 105 Å². The molecule has 0 amide bonds. The van der Waals surface area contributed by atoms with E-state index in [2.05, 4.69) is 31.3 Å². The van der Waals surface area contributed by atoms with E-state index in [9.17, 15) is 0 Å². The van der Waals surface area contributed by atoms with Crippen LogP contribution in [0.3, 0.4) is 0 Å². The summed E-state index contributed by atoms with van der Waals surface area (Å²) in [7, 11) is 0. The Kier molecular flexibility index (Phi) is 3.93. The zero-order valence-corrected chi connectivity index (χ0v) is 11.0. The van der Waals surface area contributed by atoms with Gasteiger partial charge in [0, 0.05) is 6.04 Å². The highest BCUT2D eigenvalue weighted by atomic mass is 14.9. The quantitative estimate of drug-likeness (QED) is 0.774. The van der Waals surface area contributed by atoms with Crippen LogP contribution in [0, 0.1) is 12.8 Å². The van der Waals surface area contributed by atoms with Gasteiger partial charge in [-0.15, -0.1) is 0 Å². The van der Waals surface area contributed by atoms with E-state index >= 15 is 0 Å². The number of nitrogen functional groups attached to an aromatic ring is 1. The number of benzene rings is 1. The Morgan fingerprint density at radius 1 is 1.35 bits per heavy atom. The van der Waals surface area contributed by atoms with Crippen molar-refractivity contribution in [3.05, 3.63) is 23.8 Å². The Morgan fingerprint density at radius 3 is 2.88 bits per heavy atom. The third kappa shape index (κ3) is 3.15. The van der Waals surface area contributed by atoms with Gasteiger partial charge in [-0.2, -0.15) is 0 Å². The molecule has 17 heavy (non-hydrogen) atoms. The highest BCUT2D eigenvalue weighted by Crippen LogP contribution is 2.30. The van der Waals surface area contributed by atoms with Crippen molar-refractivity contribution >= 4 is 11.4 Å². The summed E-state index contributed by atoms with van der Waals surface area (Å²) >= 11 is 0. The average Bonchev–Trinajstić information content (AvgIpc) is 2.33. The summed E-state index contributed by atoms with van der Waals surface area (Å²) in [5.41, 5.74) is 9.26. The van der Waals surface area contributed by atoms with E-state index in [-0.39, 0.29) is 0 Å². The fourth-order valence-corrected chi connectivity index (χ4v) is 2.83. The smallest absolute Gasteiger partial charge is 0.0576 e. The lowest BCUT2D eigenvalue weighted by atomic mass is 9.84. The van der Waals surface area contributed by atoms with Gasteiger partial charge in [0.05, 0.1) is 11.4 Å². The first-order chi connectivity index (χ1) is 8.19. The second-order valence-electron chi connectivity index (χ2n) is 5.37. The highest BCUT2D eigenvalue weighted by Gasteiger charge is 2.20. The van der Waals surface area contributed by atoms with E-state index in [0.717, 1.165) is 17.3 Å². The molecular weight excluding hydrogens is 208 g/mol. The van der Waals surface area contributed by atoms with Crippen LogP contribution in [0.4, 0.5) is 11.4 Å². The summed E-state index contributed by atoms with van der Waals surface area (Å²) in [5, 5.41) is 3.62. The van der Waals surface area contributed by atoms with Crippen molar-refractivity contribution < 1.29 is 0 Å². The molecule has 1 saturated carbocycles. The number of aryl methyl sites for hydroxylation is 1. The first-order valence-electron chi connectivity index (χ1n) is 6.81. The molecule has 3 N–H and O–H groups in total. The van der Waals surface area contributed by atoms with Gasteiger partial charge in [0.15, 0.2) is 0 Å². The van der Waals surface area contributed by atoms with Gasteiger partial charge in [0.1, 0.15) is 0 Å². The van der Waals surface area contributed by atoms with Crippen molar-refractivity contribution in [1.29, 1.82) is 0 Å². The van der Waals surface area contributed by atoms with Gasteiger partial charge in [-0.05, 0) is 43.4 Å². The second kappa shape index (κ2) is 5.44. The third-order valence-electron chi connectivity index (χ3n) is 3.93. The van der Waals surface area contributed by atoms with Crippen molar-refractivity contribution in [1.82, 2.24) is 0 Å². The van der Waals surface area contributed by atoms with E-state index in [1.54, 1.807) is 0 Å². The number of hydrogen-bond donors (Lipinski definition) is 2. The number of rotatable bonds is 3. The van der Waals surface area contributed by atoms with Crippen molar-refractivity contribution in [3.63, 3.8) is 0 Å². The first-order valence-corrected chi connectivity index (χ1v) is 6.81. The van der Waals surface area contributed by atoms with Gasteiger partial charge in [-0.3, -0.25) is 0 Å². The maximum Gasteiger partial charge on any atom is 0.0576 e. The summed E-state index contributed by atoms with van der Waals surface area (Å²) in [5.74, 6) is 0.896. The van der Waals surface area contributed by atoms with Crippen molar-refractivity contribution in [2.24, 2.45) is 5.92 Å². The maximum absolute atomic E-state index is 6.04. The minimum Gasteiger partial charge on any atom is -0.397 e. The molecule has 1 aromatic carbocycles. The number of nitrogens with two attached hydrogens (primary N) is 1. The van der Waals surface area contributed by atoms with E-state index in [1.165, 1.54) is 37.7 Å². The number of anilines is 2. The molecule has 0 aromatic heterocycles. The standard InChI is InChI=1S/C15H24N2/c1-3-12-5-4-6-13(10-12)17-15-8-7-11(2)9-14(15)16/h7-9,12-13,17H,3-6,10,16H2,1-2H3. The second-order valence-corrected chi connectivity index (χ2v) is 5.37. The monoisotopic (exact) mass is 232 g/mol. The Hall–Kier alpha value is -1.18. The van der Waals surface area contributed by atoms with Crippen LogP contribution in [-0.2, 0) is 0 Å². The number of hydrogen-bond acceptors (Lipinski definition) is 2. The molecule has 2 rings (SSSR count). The van der Waals surface area contributed by atoms with Crippen LogP contribution in [0.1, 0.15) is 44.6 Å². The van der Waals surface area contributed by atoms with Gasteiger partial charge in [0.25, 0.3) is 0 Å². The predicted octanol–water partition coefficient (Wildman–Crippen LogP) is 3.96. The molecule has 0 spiro atoms. The molecular formula is C15H24N2. The zero-order chi connectivity index (χ0) is 12.3. The van der Waals surface area contributed by atoms with Gasteiger partial charge in [0.2, 0.25) is 0 Å². The Balaban J connectivity index is 2.00. The largest absolute Gasteiger partial charge is 0.397 e. The molecule has 2 nitrogen and oxygen atoms in total. The lowest BCUT2D eigenvalue weighted by Crippen LogP contribution is -2.27. The predicted molar refractivity (Wildman–Crippen MR) is 75.3 cm³/mol. The normalized spacial score (nSPS) is 24.6. The fourth-order valence-electron chi connectivity index (χ4n) is 2.83. The van der Waals surface area contributed by atoms with Crippen LogP contribution < -0.4 is 11.1 Å². The van der Waals surface area contributed by atoms with Crippen molar-refractivity contribution in [2.75, 3.05) is 11.1 Å². The molecule has 1 fully saturated rings. The Morgan fingerprint density at radius 2 is 2.18 bits per heavy atom. The molecule has 1 aliphatic carbocycles. The van der Waals surface area contributed by atoms with Gasteiger partial charge < -0.3 is 11.1 Å². The molecule has 2 unspecified atom stereocenters. The van der Waals surface area contributed by atoms with Crippen LogP contribution in [0.25, 0.3) is 0 Å². The lowest BCUT2D eigenvalue weighted by Gasteiger charge is -2.30. The summed E-state index contributed by atoms with van der Waals surface area (Å²) in [6.45, 7) is 4.38. The van der Waals surface area contributed by atoms with Crippen LogP contribution in [0.2, 0.25) is 0 Å². The van der Waals surface area contributed by atoms with E-state index < -0.39 is 0 Å². The van der Waals surface area contributed by atoms with E-state index in [1.807, 2.05) is 6.07 Å². The van der Waals surface area contributed by atoms with Crippen LogP contribution >= 0.6 is 0 Å². The summed E-state index contributed by atoms with van der Waals surface area (Å²) in [6, 6.07) is 6.89. The number of nitrogens with one attached hydrogen (secondary N) is 1. The molecule has 2 heteroatoms. The lowest BCUT2D eigenvalue weighted by molar-refractivity contribution is 0.327. The molecule has 0 aliphatic heterocycles. The molecule has 0 radical (unpaired) electrons. The summed E-state index contributed by atoms with van der Waals surface area (Å²) < 4.78 is 0. The van der Waals surface area contributed by atoms with Crippen LogP contribution in [-0.4, -0.2) is 6.04 Å². The molecule has 94 valence electrons. The maximum atomic E-state index is 6.04. The Bertz CT molecular complexity index is 373. The van der Waals surface area contributed by atoms with Gasteiger partial charge >= 0.3 is 0 Å². The van der Waals surface area contributed by atoms with Crippen molar-refractivity contribution in [3.8, 4) is 0 Å². The molecule has 2 atom stereocenters. The van der Waals surface area contributed by atoms with Gasteiger partial charge in [-0.25, -0.2) is 0 Å². The zero-order valence-electron chi connectivity index (χ0n) is 11.0. The molecule has 0 bridgehead atoms. The molecule has 1 aliphatic rings. The van der Waals surface area contributed by atoms with E-state index in [0.29, 0.717) is 6.04 Å². The topological polar surface area (TPSA) is 38.0 Å². The highest BCUT2D eigenvalue weighted by molar-refractivity contribution is 5.67. The molecule has 1 aromatic rings. The average molecular weight is 232 g/mol. The van der Waals surface area contributed by atoms with Crippen LogP contribution in [0.5, 0.6) is 0 Å². The summed E-state index contributed by atoms with van der Waals surface area (Å²) in [6.07, 6.45) is 6.63. The SMILES string of the molecule is CCC1CCCC(Nc2ccc(C)cc2N)C1. The third-order valence-corrected chi connectivity index (χ3v) is 3.93. The minimum atomic E-state index is 0.610. The molecule has 0 saturated heterocycles. The van der Waals surface area contributed by atoms with Crippen molar-refractivity contribution in [2.45, 2.75) is 52.0 Å². The minimum absolute atomic E-state index is 0.610. The fraction of sp³-hybridized carbons (Fsp3) is 0.600. The first kappa shape index (κ1) is 12.3. The van der Waals surface area contributed by atoms with Gasteiger partial charge in [-0.1, -0.05) is 32.3 Å². The summed E-state index contributed by atoms with van der Waals surface area (Å²) in [4.78, 5) is 0. The van der Waals surface area contributed by atoms with E-state index in [4.69, 9.17) is 5.73 Å². The molecule has 0 heterocycles. The van der Waals surface area contributed by atoms with Crippen LogP contribution in [0.15, 0.2) is 18.2 Å².